The Balaban J connectivity index is 1.78. The maximum Gasteiger partial charge on any atom is 0.138 e. The topological polar surface area (TPSA) is 45.0 Å². The van der Waals surface area contributed by atoms with E-state index < -0.39 is 5.82 Å². The molecule has 0 unspecified atom stereocenters. The van der Waals surface area contributed by atoms with Gasteiger partial charge < -0.3 is 10.1 Å². The number of hydrogen-bond acceptors (Lipinski definition) is 3. The van der Waals surface area contributed by atoms with Crippen molar-refractivity contribution < 1.29 is 9.13 Å². The number of halogens is 2. The molecule has 0 fully saturated rings. The van der Waals surface area contributed by atoms with E-state index in [0.717, 1.165) is 25.1 Å². The predicted octanol–water partition coefficient (Wildman–Crippen LogP) is 3.58. The fourth-order valence-electron chi connectivity index (χ4n) is 2.48. The van der Waals surface area contributed by atoms with Gasteiger partial charge in [-0.15, -0.1) is 0 Å². The summed E-state index contributed by atoms with van der Waals surface area (Å²) < 4.78 is 19.5. The molecule has 112 valence electrons. The second-order valence-electron chi connectivity index (χ2n) is 5.18. The van der Waals surface area contributed by atoms with E-state index in [2.05, 4.69) is 5.32 Å². The lowest BCUT2D eigenvalue weighted by molar-refractivity contribution is 0.299. The van der Waals surface area contributed by atoms with Gasteiger partial charge in [-0.05, 0) is 48.4 Å². The SMILES string of the molecule is N#Cc1ccc(COc2cc3c(cc2Cl)CCNC3)c(F)c1. The first-order valence-corrected chi connectivity index (χ1v) is 7.38. The van der Waals surface area contributed by atoms with Crippen molar-refractivity contribution in [1.82, 2.24) is 5.32 Å². The van der Waals surface area contributed by atoms with E-state index in [0.29, 0.717) is 21.9 Å². The Bertz CT molecular complexity index is 755. The van der Waals surface area contributed by atoms with Crippen LogP contribution in [0.1, 0.15) is 22.3 Å². The third-order valence-electron chi connectivity index (χ3n) is 3.71. The second kappa shape index (κ2) is 6.35. The van der Waals surface area contributed by atoms with E-state index in [1.807, 2.05) is 18.2 Å². The van der Waals surface area contributed by atoms with Crippen molar-refractivity contribution in [3.05, 3.63) is 63.4 Å². The number of nitrogens with one attached hydrogen (secondary N) is 1. The molecular formula is C17H14ClFN2O. The Hall–Kier alpha value is -2.09. The highest BCUT2D eigenvalue weighted by molar-refractivity contribution is 6.32. The molecule has 3 rings (SSSR count). The van der Waals surface area contributed by atoms with Crippen LogP contribution >= 0.6 is 11.6 Å². The van der Waals surface area contributed by atoms with Crippen LogP contribution in [0.3, 0.4) is 0 Å². The molecule has 0 amide bonds. The van der Waals surface area contributed by atoms with Gasteiger partial charge in [0.25, 0.3) is 0 Å². The maximum atomic E-state index is 13.8. The lowest BCUT2D eigenvalue weighted by atomic mass is 10.0. The van der Waals surface area contributed by atoms with Crippen molar-refractivity contribution in [2.45, 2.75) is 19.6 Å². The molecule has 2 aromatic carbocycles. The standard InChI is InChI=1S/C17H14ClFN2O/c18-15-6-12-3-4-21-9-14(12)7-17(15)22-10-13-2-1-11(8-20)5-16(13)19/h1-2,5-7,21H,3-4,9-10H2. The molecule has 2 aromatic rings. The van der Waals surface area contributed by atoms with Crippen LogP contribution in [0.4, 0.5) is 4.39 Å². The first-order valence-electron chi connectivity index (χ1n) is 7.00. The van der Waals surface area contributed by atoms with Gasteiger partial charge in [-0.25, -0.2) is 4.39 Å². The normalized spacial score (nSPS) is 13.3. The third kappa shape index (κ3) is 3.06. The number of fused-ring (bicyclic) bond motifs is 1. The number of rotatable bonds is 3. The van der Waals surface area contributed by atoms with Crippen LogP contribution in [-0.2, 0) is 19.6 Å². The van der Waals surface area contributed by atoms with Crippen LogP contribution in [0, 0.1) is 17.1 Å². The van der Waals surface area contributed by atoms with E-state index in [4.69, 9.17) is 21.6 Å². The Morgan fingerprint density at radius 3 is 2.91 bits per heavy atom. The molecule has 1 heterocycles. The first kappa shape index (κ1) is 14.8. The van der Waals surface area contributed by atoms with Gasteiger partial charge in [0.05, 0.1) is 16.7 Å². The molecule has 0 saturated heterocycles. The fourth-order valence-corrected chi connectivity index (χ4v) is 2.72. The van der Waals surface area contributed by atoms with E-state index in [-0.39, 0.29) is 6.61 Å². The minimum Gasteiger partial charge on any atom is -0.487 e. The summed E-state index contributed by atoms with van der Waals surface area (Å²) in [6.07, 6.45) is 0.944. The van der Waals surface area contributed by atoms with Crippen molar-refractivity contribution in [1.29, 1.82) is 5.26 Å². The van der Waals surface area contributed by atoms with Crippen LogP contribution in [0.5, 0.6) is 5.75 Å². The predicted molar refractivity (Wildman–Crippen MR) is 82.3 cm³/mol. The zero-order chi connectivity index (χ0) is 15.5. The van der Waals surface area contributed by atoms with Gasteiger partial charge in [0.2, 0.25) is 0 Å². The highest BCUT2D eigenvalue weighted by Gasteiger charge is 2.13. The van der Waals surface area contributed by atoms with Gasteiger partial charge in [-0.2, -0.15) is 5.26 Å². The summed E-state index contributed by atoms with van der Waals surface area (Å²) in [7, 11) is 0. The number of nitriles is 1. The van der Waals surface area contributed by atoms with Gasteiger partial charge in [0.15, 0.2) is 0 Å². The fraction of sp³-hybridized carbons (Fsp3) is 0.235. The van der Waals surface area contributed by atoms with Gasteiger partial charge in [-0.3, -0.25) is 0 Å². The molecule has 0 bridgehead atoms. The van der Waals surface area contributed by atoms with Gasteiger partial charge in [0.1, 0.15) is 18.2 Å². The number of ether oxygens (including phenoxy) is 1. The summed E-state index contributed by atoms with van der Waals surface area (Å²) in [6.45, 7) is 1.80. The van der Waals surface area contributed by atoms with Crippen molar-refractivity contribution in [3.63, 3.8) is 0 Å². The molecule has 0 aromatic heterocycles. The van der Waals surface area contributed by atoms with Crippen molar-refractivity contribution in [3.8, 4) is 11.8 Å². The zero-order valence-corrected chi connectivity index (χ0v) is 12.6. The van der Waals surface area contributed by atoms with E-state index in [1.54, 1.807) is 12.1 Å². The largest absolute Gasteiger partial charge is 0.487 e. The lowest BCUT2D eigenvalue weighted by Crippen LogP contribution is -2.23. The van der Waals surface area contributed by atoms with Crippen LogP contribution in [0.15, 0.2) is 30.3 Å². The molecule has 1 N–H and O–H groups in total. The molecule has 3 nitrogen and oxygen atoms in total. The monoisotopic (exact) mass is 316 g/mol. The summed E-state index contributed by atoms with van der Waals surface area (Å²) in [5.41, 5.74) is 3.07. The number of nitrogens with zero attached hydrogens (tertiary/aromatic N) is 1. The summed E-state index contributed by atoms with van der Waals surface area (Å²) >= 11 is 6.23. The number of benzene rings is 2. The Kier molecular flexibility index (Phi) is 4.28. The quantitative estimate of drug-likeness (QED) is 0.941. The Morgan fingerprint density at radius 1 is 1.27 bits per heavy atom. The molecule has 1 aliphatic heterocycles. The molecule has 0 saturated carbocycles. The highest BCUT2D eigenvalue weighted by Crippen LogP contribution is 2.30. The number of hydrogen-bond donors (Lipinski definition) is 1. The van der Waals surface area contributed by atoms with Crippen molar-refractivity contribution in [2.24, 2.45) is 0 Å². The van der Waals surface area contributed by atoms with Gasteiger partial charge >= 0.3 is 0 Å². The molecule has 0 spiro atoms. The zero-order valence-electron chi connectivity index (χ0n) is 11.8. The summed E-state index contributed by atoms with van der Waals surface area (Å²) in [4.78, 5) is 0. The summed E-state index contributed by atoms with van der Waals surface area (Å²) in [6, 6.07) is 10.1. The third-order valence-corrected chi connectivity index (χ3v) is 4.00. The molecule has 0 aliphatic carbocycles. The molecular weight excluding hydrogens is 303 g/mol. The van der Waals surface area contributed by atoms with E-state index in [9.17, 15) is 4.39 Å². The molecule has 1 aliphatic rings. The average Bonchev–Trinajstić information content (AvgIpc) is 2.53. The minimum atomic E-state index is -0.449. The van der Waals surface area contributed by atoms with Gasteiger partial charge in [-0.1, -0.05) is 17.7 Å². The lowest BCUT2D eigenvalue weighted by Gasteiger charge is -2.19. The Morgan fingerprint density at radius 2 is 2.14 bits per heavy atom. The molecule has 5 heteroatoms. The van der Waals surface area contributed by atoms with Crippen LogP contribution < -0.4 is 10.1 Å². The van der Waals surface area contributed by atoms with Crippen LogP contribution in [-0.4, -0.2) is 6.54 Å². The van der Waals surface area contributed by atoms with Gasteiger partial charge in [0, 0.05) is 12.1 Å². The smallest absolute Gasteiger partial charge is 0.138 e. The second-order valence-corrected chi connectivity index (χ2v) is 5.59. The molecule has 0 atom stereocenters. The first-order chi connectivity index (χ1) is 10.7. The van der Waals surface area contributed by atoms with E-state index in [1.165, 1.54) is 11.6 Å². The minimum absolute atomic E-state index is 0.0729. The molecule has 0 radical (unpaired) electrons. The van der Waals surface area contributed by atoms with Crippen LogP contribution in [0.2, 0.25) is 5.02 Å². The van der Waals surface area contributed by atoms with Crippen molar-refractivity contribution >= 4 is 11.6 Å². The van der Waals surface area contributed by atoms with Crippen LogP contribution in [0.25, 0.3) is 0 Å². The average molecular weight is 317 g/mol. The molecule has 22 heavy (non-hydrogen) atoms. The Labute approximate surface area is 133 Å². The summed E-state index contributed by atoms with van der Waals surface area (Å²) in [5.74, 6) is 0.0997. The maximum absolute atomic E-state index is 13.8. The van der Waals surface area contributed by atoms with E-state index >= 15 is 0 Å². The van der Waals surface area contributed by atoms with Crippen molar-refractivity contribution in [2.75, 3.05) is 6.54 Å². The summed E-state index contributed by atoms with van der Waals surface area (Å²) in [5, 5.41) is 12.6. The highest BCUT2D eigenvalue weighted by atomic mass is 35.5.